The molecule has 0 aromatic heterocycles. The Morgan fingerprint density at radius 2 is 2.04 bits per heavy atom. The number of nitriles is 1. The molecule has 0 aliphatic carbocycles. The van der Waals surface area contributed by atoms with Crippen LogP contribution in [0.4, 0.5) is 5.69 Å². The van der Waals surface area contributed by atoms with Gasteiger partial charge in [-0.05, 0) is 23.1 Å². The van der Waals surface area contributed by atoms with Crippen LogP contribution in [0.5, 0.6) is 5.75 Å². The van der Waals surface area contributed by atoms with Crippen LogP contribution in [-0.2, 0) is 11.2 Å². The van der Waals surface area contributed by atoms with Gasteiger partial charge >= 0.3 is 0 Å². The molecule has 0 saturated heterocycles. The minimum Gasteiger partial charge on any atom is -0.492 e. The highest BCUT2D eigenvalue weighted by molar-refractivity contribution is 5.85. The van der Waals surface area contributed by atoms with E-state index >= 15 is 0 Å². The number of benzene rings is 2. The molecule has 23 heavy (non-hydrogen) atoms. The lowest BCUT2D eigenvalue weighted by Crippen LogP contribution is -2.00. The van der Waals surface area contributed by atoms with Gasteiger partial charge in [0.2, 0.25) is 6.41 Å². The van der Waals surface area contributed by atoms with E-state index in [1.54, 1.807) is 0 Å². The predicted molar refractivity (Wildman–Crippen MR) is 89.6 cm³/mol. The highest BCUT2D eigenvalue weighted by atomic mass is 16.5. The fraction of sp³-hybridized carbons (Fsp3) is 0.263. The second kappa shape index (κ2) is 6.13. The number of nitrogens with zero attached hydrogens (tertiary/aromatic N) is 1. The van der Waals surface area contributed by atoms with Gasteiger partial charge < -0.3 is 10.1 Å². The van der Waals surface area contributed by atoms with Gasteiger partial charge in [0, 0.05) is 17.5 Å². The molecule has 0 radical (unpaired) electrons. The molecule has 2 aromatic carbocycles. The molecule has 4 heteroatoms. The molecule has 0 unspecified atom stereocenters. The first kappa shape index (κ1) is 15.1. The summed E-state index contributed by atoms with van der Waals surface area (Å²) in [7, 11) is 0. The Kier molecular flexibility index (Phi) is 4.03. The first-order valence-electron chi connectivity index (χ1n) is 7.69. The van der Waals surface area contributed by atoms with Crippen LogP contribution in [0.3, 0.4) is 0 Å². The van der Waals surface area contributed by atoms with Crippen molar-refractivity contribution in [3.8, 4) is 22.9 Å². The van der Waals surface area contributed by atoms with Crippen LogP contribution in [0, 0.1) is 11.3 Å². The van der Waals surface area contributed by atoms with Crippen LogP contribution in [0.15, 0.2) is 30.3 Å². The summed E-state index contributed by atoms with van der Waals surface area (Å²) in [5.41, 5.74) is 5.11. The van der Waals surface area contributed by atoms with Gasteiger partial charge in [0.05, 0.1) is 17.9 Å². The summed E-state index contributed by atoms with van der Waals surface area (Å²) < 4.78 is 5.77. The lowest BCUT2D eigenvalue weighted by Gasteiger charge is -2.14. The molecular formula is C19H18N2O2. The molecule has 1 heterocycles. The van der Waals surface area contributed by atoms with Crippen molar-refractivity contribution in [2.24, 2.45) is 0 Å². The summed E-state index contributed by atoms with van der Waals surface area (Å²) in [5.74, 6) is 1.23. The molecule has 1 aliphatic heterocycles. The molecule has 1 amide bonds. The van der Waals surface area contributed by atoms with Crippen LogP contribution in [0.1, 0.15) is 36.5 Å². The van der Waals surface area contributed by atoms with Gasteiger partial charge in [0.15, 0.2) is 0 Å². The lowest BCUT2D eigenvalue weighted by molar-refractivity contribution is -0.105. The molecule has 0 fully saturated rings. The summed E-state index contributed by atoms with van der Waals surface area (Å²) in [6.07, 6.45) is 1.29. The Morgan fingerprint density at radius 3 is 2.65 bits per heavy atom. The zero-order valence-corrected chi connectivity index (χ0v) is 13.2. The summed E-state index contributed by atoms with van der Waals surface area (Å²) in [6.45, 7) is 4.87. The van der Waals surface area contributed by atoms with Crippen molar-refractivity contribution in [1.29, 1.82) is 5.26 Å². The van der Waals surface area contributed by atoms with Gasteiger partial charge in [-0.3, -0.25) is 4.79 Å². The minimum atomic E-state index is 0.472. The fourth-order valence-corrected chi connectivity index (χ4v) is 2.95. The monoisotopic (exact) mass is 306 g/mol. The lowest BCUT2D eigenvalue weighted by atomic mass is 9.94. The average molecular weight is 306 g/mol. The van der Waals surface area contributed by atoms with Crippen molar-refractivity contribution in [3.05, 3.63) is 47.0 Å². The Labute approximate surface area is 135 Å². The molecule has 0 bridgehead atoms. The van der Waals surface area contributed by atoms with E-state index in [1.165, 1.54) is 5.56 Å². The Balaban J connectivity index is 2.16. The van der Waals surface area contributed by atoms with E-state index in [4.69, 9.17) is 4.74 Å². The Morgan fingerprint density at radius 1 is 1.30 bits per heavy atom. The number of carbonyl (C=O) groups excluding carboxylic acids is 1. The van der Waals surface area contributed by atoms with Crippen molar-refractivity contribution in [1.82, 2.24) is 0 Å². The largest absolute Gasteiger partial charge is 0.492 e. The number of hydrogen-bond acceptors (Lipinski definition) is 3. The molecule has 0 spiro atoms. The Bertz CT molecular complexity index is 786. The zero-order chi connectivity index (χ0) is 16.4. The summed E-state index contributed by atoms with van der Waals surface area (Å²) in [5, 5.41) is 12.0. The molecule has 4 nitrogen and oxygen atoms in total. The van der Waals surface area contributed by atoms with Crippen molar-refractivity contribution in [3.63, 3.8) is 0 Å². The van der Waals surface area contributed by atoms with Crippen molar-refractivity contribution in [2.75, 3.05) is 11.9 Å². The standard InChI is InChI=1S/C19H18N2O2/c1-12(2)13-3-5-14(6-4-13)16-9-18(21-11-22)17(10-20)15-7-8-23-19(15)16/h3-6,9,11-12H,7-8H2,1-2H3,(H,21,22). The molecule has 1 aliphatic rings. The van der Waals surface area contributed by atoms with Crippen molar-refractivity contribution >= 4 is 12.1 Å². The Hall–Kier alpha value is -2.80. The average Bonchev–Trinajstić information content (AvgIpc) is 3.04. The van der Waals surface area contributed by atoms with Gasteiger partial charge in [-0.1, -0.05) is 38.1 Å². The van der Waals surface area contributed by atoms with Gasteiger partial charge in [0.25, 0.3) is 0 Å². The van der Waals surface area contributed by atoms with E-state index < -0.39 is 0 Å². The topological polar surface area (TPSA) is 62.1 Å². The van der Waals surface area contributed by atoms with Crippen LogP contribution in [0.2, 0.25) is 0 Å². The first-order chi connectivity index (χ1) is 11.2. The van der Waals surface area contributed by atoms with Gasteiger partial charge in [-0.2, -0.15) is 5.26 Å². The van der Waals surface area contributed by atoms with Crippen LogP contribution < -0.4 is 10.1 Å². The van der Waals surface area contributed by atoms with Gasteiger partial charge in [0.1, 0.15) is 11.8 Å². The van der Waals surface area contributed by atoms with Crippen LogP contribution in [0.25, 0.3) is 11.1 Å². The molecule has 116 valence electrons. The maximum absolute atomic E-state index is 10.9. The van der Waals surface area contributed by atoms with E-state index in [-0.39, 0.29) is 0 Å². The van der Waals surface area contributed by atoms with Gasteiger partial charge in [-0.25, -0.2) is 0 Å². The van der Waals surface area contributed by atoms with Crippen LogP contribution in [-0.4, -0.2) is 13.0 Å². The normalized spacial score (nSPS) is 12.4. The molecule has 0 atom stereocenters. The third-order valence-electron chi connectivity index (χ3n) is 4.19. The minimum absolute atomic E-state index is 0.472. The number of hydrogen-bond donors (Lipinski definition) is 1. The summed E-state index contributed by atoms with van der Waals surface area (Å²) in [4.78, 5) is 10.9. The smallest absolute Gasteiger partial charge is 0.211 e. The number of carbonyl (C=O) groups is 1. The fourth-order valence-electron chi connectivity index (χ4n) is 2.95. The highest BCUT2D eigenvalue weighted by Crippen LogP contribution is 2.42. The SMILES string of the molecule is CC(C)c1ccc(-c2cc(NC=O)c(C#N)c3c2OCC3)cc1. The number of nitrogens with one attached hydrogen (secondary N) is 1. The molecule has 0 saturated carbocycles. The third-order valence-corrected chi connectivity index (χ3v) is 4.19. The second-order valence-electron chi connectivity index (χ2n) is 5.90. The quantitative estimate of drug-likeness (QED) is 0.873. The highest BCUT2D eigenvalue weighted by Gasteiger charge is 2.24. The maximum Gasteiger partial charge on any atom is 0.211 e. The van der Waals surface area contributed by atoms with E-state index in [2.05, 4.69) is 49.5 Å². The zero-order valence-electron chi connectivity index (χ0n) is 13.2. The number of ether oxygens (including phenoxy) is 1. The number of anilines is 1. The van der Waals surface area contributed by atoms with E-state index in [9.17, 15) is 10.1 Å². The number of rotatable bonds is 4. The first-order valence-corrected chi connectivity index (χ1v) is 7.69. The second-order valence-corrected chi connectivity index (χ2v) is 5.90. The molecular weight excluding hydrogens is 288 g/mol. The number of fused-ring (bicyclic) bond motifs is 1. The summed E-state index contributed by atoms with van der Waals surface area (Å²) >= 11 is 0. The van der Waals surface area contributed by atoms with E-state index in [1.807, 2.05) is 6.07 Å². The molecule has 3 rings (SSSR count). The third kappa shape index (κ3) is 2.66. The van der Waals surface area contributed by atoms with Crippen LogP contribution >= 0.6 is 0 Å². The molecule has 1 N–H and O–H groups in total. The van der Waals surface area contributed by atoms with E-state index in [0.29, 0.717) is 36.6 Å². The maximum atomic E-state index is 10.9. The number of amides is 1. The van der Waals surface area contributed by atoms with Gasteiger partial charge in [-0.15, -0.1) is 0 Å². The van der Waals surface area contributed by atoms with Crippen molar-refractivity contribution in [2.45, 2.75) is 26.2 Å². The van der Waals surface area contributed by atoms with Crippen molar-refractivity contribution < 1.29 is 9.53 Å². The summed E-state index contributed by atoms with van der Waals surface area (Å²) in [6, 6.07) is 12.3. The molecule has 2 aromatic rings. The van der Waals surface area contributed by atoms with E-state index in [0.717, 1.165) is 22.4 Å². The predicted octanol–water partition coefficient (Wildman–Crippen LogP) is 3.85.